The topological polar surface area (TPSA) is 104 Å². The number of carbonyl (C=O) groups is 1. The number of hydrogen-bond acceptors (Lipinski definition) is 4. The predicted molar refractivity (Wildman–Crippen MR) is 85.0 cm³/mol. The van der Waals surface area contributed by atoms with Gasteiger partial charge in [0.2, 0.25) is 0 Å². The molecule has 0 fully saturated rings. The van der Waals surface area contributed by atoms with E-state index in [1.165, 1.54) is 0 Å². The second-order valence-electron chi connectivity index (χ2n) is 4.82. The molecule has 0 aliphatic carbocycles. The Kier molecular flexibility index (Phi) is 5.00. The van der Waals surface area contributed by atoms with E-state index in [-0.39, 0.29) is 10.2 Å². The molecule has 2 aromatic rings. The fourth-order valence-corrected chi connectivity index (χ4v) is 3.63. The Morgan fingerprint density at radius 3 is 2.32 bits per heavy atom. The van der Waals surface area contributed by atoms with E-state index in [4.69, 9.17) is 5.11 Å². The smallest absolute Gasteiger partial charge is 0.416 e. The molecular formula is C14H9BrF3NO5S. The molecule has 0 aromatic heterocycles. The highest BCUT2D eigenvalue weighted by Gasteiger charge is 2.32. The summed E-state index contributed by atoms with van der Waals surface area (Å²) in [5.41, 5.74) is -1.96. The van der Waals surface area contributed by atoms with Gasteiger partial charge in [-0.05, 0) is 36.4 Å². The van der Waals surface area contributed by atoms with Crippen LogP contribution < -0.4 is 4.72 Å². The third-order valence-electron chi connectivity index (χ3n) is 2.99. The first-order valence-electron chi connectivity index (χ1n) is 6.37. The van der Waals surface area contributed by atoms with Crippen molar-refractivity contribution in [3.63, 3.8) is 0 Å². The molecule has 25 heavy (non-hydrogen) atoms. The summed E-state index contributed by atoms with van der Waals surface area (Å²) in [5, 5.41) is 18.3. The van der Waals surface area contributed by atoms with Crippen LogP contribution in [0.1, 0.15) is 15.9 Å². The van der Waals surface area contributed by atoms with E-state index in [1.807, 2.05) is 4.72 Å². The van der Waals surface area contributed by atoms with Gasteiger partial charge in [-0.3, -0.25) is 4.72 Å². The van der Waals surface area contributed by atoms with Gasteiger partial charge in [0.25, 0.3) is 10.0 Å². The second kappa shape index (κ2) is 6.56. The summed E-state index contributed by atoms with van der Waals surface area (Å²) in [4.78, 5) is 10.3. The van der Waals surface area contributed by atoms with Gasteiger partial charge in [0.05, 0.1) is 10.5 Å². The van der Waals surface area contributed by atoms with Crippen molar-refractivity contribution in [2.45, 2.75) is 11.1 Å². The molecule has 11 heteroatoms. The fraction of sp³-hybridized carbons (Fsp3) is 0.0714. The van der Waals surface area contributed by atoms with E-state index >= 15 is 0 Å². The fourth-order valence-electron chi connectivity index (χ4n) is 1.87. The van der Waals surface area contributed by atoms with Crippen molar-refractivity contribution < 1.29 is 36.6 Å². The number of aromatic carboxylic acids is 1. The molecule has 134 valence electrons. The Morgan fingerprint density at radius 2 is 1.76 bits per heavy atom. The number of nitrogens with one attached hydrogen (secondary N) is 1. The first-order chi connectivity index (χ1) is 11.4. The summed E-state index contributed by atoms with van der Waals surface area (Å²) < 4.78 is 64.9. The summed E-state index contributed by atoms with van der Waals surface area (Å²) in [5.74, 6) is -2.09. The van der Waals surface area contributed by atoms with Crippen LogP contribution in [-0.2, 0) is 16.2 Å². The number of carboxylic acid groups (broad SMARTS) is 1. The van der Waals surface area contributed by atoms with Gasteiger partial charge in [-0.25, -0.2) is 13.2 Å². The van der Waals surface area contributed by atoms with E-state index in [0.29, 0.717) is 6.07 Å². The Morgan fingerprint density at radius 1 is 1.12 bits per heavy atom. The van der Waals surface area contributed by atoms with Crippen LogP contribution in [0, 0.1) is 0 Å². The minimum absolute atomic E-state index is 0.0976. The van der Waals surface area contributed by atoms with E-state index in [2.05, 4.69) is 15.9 Å². The van der Waals surface area contributed by atoms with Crippen molar-refractivity contribution in [2.24, 2.45) is 0 Å². The van der Waals surface area contributed by atoms with Crippen LogP contribution in [0.3, 0.4) is 0 Å². The van der Waals surface area contributed by atoms with Gasteiger partial charge in [0.15, 0.2) is 0 Å². The van der Waals surface area contributed by atoms with Crippen molar-refractivity contribution in [3.8, 4) is 5.75 Å². The molecule has 3 N–H and O–H groups in total. The molecule has 0 heterocycles. The number of aromatic hydroxyl groups is 1. The third-order valence-corrected chi connectivity index (χ3v) is 4.81. The minimum atomic E-state index is -4.75. The third kappa shape index (κ3) is 4.42. The maximum atomic E-state index is 12.8. The Bertz CT molecular complexity index is 944. The van der Waals surface area contributed by atoms with E-state index in [1.54, 1.807) is 0 Å². The van der Waals surface area contributed by atoms with Gasteiger partial charge in [0.1, 0.15) is 11.3 Å². The highest BCUT2D eigenvalue weighted by Crippen LogP contribution is 2.33. The zero-order chi connectivity index (χ0) is 19.0. The SMILES string of the molecule is O=C(O)c1cc(NS(=O)(=O)c2cc(Br)cc(C(F)(F)F)c2)ccc1O. The van der Waals surface area contributed by atoms with E-state index in [9.17, 15) is 31.5 Å². The van der Waals surface area contributed by atoms with Gasteiger partial charge in [-0.15, -0.1) is 0 Å². The van der Waals surface area contributed by atoms with Gasteiger partial charge < -0.3 is 10.2 Å². The van der Waals surface area contributed by atoms with E-state index < -0.39 is 43.9 Å². The maximum absolute atomic E-state index is 12.8. The highest BCUT2D eigenvalue weighted by molar-refractivity contribution is 9.10. The average molecular weight is 440 g/mol. The number of phenols is 1. The van der Waals surface area contributed by atoms with Gasteiger partial charge in [-0.1, -0.05) is 15.9 Å². The van der Waals surface area contributed by atoms with E-state index in [0.717, 1.165) is 30.3 Å². The number of anilines is 1. The molecular weight excluding hydrogens is 431 g/mol. The molecule has 0 bridgehead atoms. The minimum Gasteiger partial charge on any atom is -0.507 e. The van der Waals surface area contributed by atoms with Gasteiger partial charge in [-0.2, -0.15) is 13.2 Å². The Balaban J connectivity index is 2.45. The quantitative estimate of drug-likeness (QED) is 0.630. The molecule has 0 saturated heterocycles. The maximum Gasteiger partial charge on any atom is 0.416 e. The van der Waals surface area contributed by atoms with Crippen molar-refractivity contribution in [1.29, 1.82) is 0 Å². The van der Waals surface area contributed by atoms with Crippen LogP contribution in [0.25, 0.3) is 0 Å². The predicted octanol–water partition coefficient (Wildman–Crippen LogP) is 3.67. The lowest BCUT2D eigenvalue weighted by Gasteiger charge is -2.12. The number of halogens is 4. The van der Waals surface area contributed by atoms with Crippen LogP contribution in [0.4, 0.5) is 18.9 Å². The molecule has 0 saturated carbocycles. The van der Waals surface area contributed by atoms with Crippen molar-refractivity contribution in [3.05, 3.63) is 52.0 Å². The molecule has 0 unspecified atom stereocenters. The Hall–Kier alpha value is -2.27. The summed E-state index contributed by atoms with van der Waals surface area (Å²) >= 11 is 2.82. The monoisotopic (exact) mass is 439 g/mol. The van der Waals surface area contributed by atoms with Gasteiger partial charge in [0, 0.05) is 10.2 Å². The van der Waals surface area contributed by atoms with Crippen LogP contribution in [0.5, 0.6) is 5.75 Å². The Labute approximate surface area is 148 Å². The molecule has 0 aliphatic rings. The number of rotatable bonds is 4. The number of alkyl halides is 3. The van der Waals surface area contributed by atoms with Crippen molar-refractivity contribution >= 4 is 37.6 Å². The molecule has 6 nitrogen and oxygen atoms in total. The normalized spacial score (nSPS) is 12.0. The molecule has 0 radical (unpaired) electrons. The summed E-state index contributed by atoms with van der Waals surface area (Å²) in [6.45, 7) is 0. The number of benzene rings is 2. The zero-order valence-corrected chi connectivity index (χ0v) is 14.4. The van der Waals surface area contributed by atoms with Gasteiger partial charge >= 0.3 is 12.1 Å². The number of carboxylic acids is 1. The second-order valence-corrected chi connectivity index (χ2v) is 7.41. The lowest BCUT2D eigenvalue weighted by molar-refractivity contribution is -0.137. The van der Waals surface area contributed by atoms with Crippen molar-refractivity contribution in [2.75, 3.05) is 4.72 Å². The number of sulfonamides is 1. The average Bonchev–Trinajstić information content (AvgIpc) is 2.47. The lowest BCUT2D eigenvalue weighted by Crippen LogP contribution is -2.15. The number of hydrogen-bond donors (Lipinski definition) is 3. The summed E-state index contributed by atoms with van der Waals surface area (Å²) in [7, 11) is -4.43. The first-order valence-corrected chi connectivity index (χ1v) is 8.65. The van der Waals surface area contributed by atoms with Crippen molar-refractivity contribution in [1.82, 2.24) is 0 Å². The first kappa shape index (κ1) is 19.1. The van der Waals surface area contributed by atoms with Crippen LogP contribution in [-0.4, -0.2) is 24.6 Å². The largest absolute Gasteiger partial charge is 0.507 e. The highest BCUT2D eigenvalue weighted by atomic mass is 79.9. The van der Waals surface area contributed by atoms with Crippen LogP contribution >= 0.6 is 15.9 Å². The lowest BCUT2D eigenvalue weighted by atomic mass is 10.2. The summed E-state index contributed by atoms with van der Waals surface area (Å²) in [6.07, 6.45) is -4.75. The summed E-state index contributed by atoms with van der Waals surface area (Å²) in [6, 6.07) is 5.01. The van der Waals surface area contributed by atoms with Crippen LogP contribution in [0.2, 0.25) is 0 Å². The molecule has 0 amide bonds. The molecule has 0 aliphatic heterocycles. The molecule has 2 rings (SSSR count). The standard InChI is InChI=1S/C14H9BrF3NO5S/c15-8-3-7(14(16,17)18)4-10(5-8)25(23,24)19-9-1-2-12(20)11(6-9)13(21)22/h1-6,19-20H,(H,21,22). The molecule has 0 atom stereocenters. The molecule has 0 spiro atoms. The van der Waals surface area contributed by atoms with Crippen LogP contribution in [0.15, 0.2) is 45.8 Å². The molecule has 2 aromatic carbocycles. The zero-order valence-electron chi connectivity index (χ0n) is 12.0.